The first kappa shape index (κ1) is 20.9. The molecule has 0 radical (unpaired) electrons. The first-order valence-corrected chi connectivity index (χ1v) is 10.5. The fourth-order valence-corrected chi connectivity index (χ4v) is 4.73. The molecule has 0 fully saturated rings. The molecule has 4 aromatic rings. The van der Waals surface area contributed by atoms with Crippen molar-refractivity contribution in [1.29, 1.82) is 0 Å². The van der Waals surface area contributed by atoms with Crippen LogP contribution in [0.1, 0.15) is 44.3 Å². The van der Waals surface area contributed by atoms with Crippen molar-refractivity contribution in [2.45, 2.75) is 20.0 Å². The number of halogens is 1. The molecule has 3 N–H and O–H groups in total. The van der Waals surface area contributed by atoms with E-state index >= 15 is 0 Å². The zero-order valence-electron chi connectivity index (χ0n) is 16.6. The lowest BCUT2D eigenvalue weighted by molar-refractivity contribution is 0.0696. The van der Waals surface area contributed by atoms with Gasteiger partial charge in [0.2, 0.25) is 0 Å². The van der Waals surface area contributed by atoms with Gasteiger partial charge in [0.05, 0.1) is 21.8 Å². The van der Waals surface area contributed by atoms with Gasteiger partial charge in [0.1, 0.15) is 22.4 Å². The van der Waals surface area contributed by atoms with E-state index in [0.29, 0.717) is 22.1 Å². The Morgan fingerprint density at radius 1 is 1.26 bits per heavy atom. The molecule has 3 aromatic heterocycles. The predicted molar refractivity (Wildman–Crippen MR) is 119 cm³/mol. The van der Waals surface area contributed by atoms with Gasteiger partial charge in [-0.1, -0.05) is 29.8 Å². The maximum atomic E-state index is 12.1. The van der Waals surface area contributed by atoms with Crippen LogP contribution in [0.2, 0.25) is 5.02 Å². The topological polar surface area (TPSA) is 107 Å². The summed E-state index contributed by atoms with van der Waals surface area (Å²) in [5, 5.41) is 9.79. The van der Waals surface area contributed by atoms with Gasteiger partial charge in [-0.2, -0.15) is 0 Å². The maximum absolute atomic E-state index is 12.1. The molecule has 0 aliphatic rings. The number of hydrogen-bond donors (Lipinski definition) is 2. The molecule has 0 aliphatic heterocycles. The standard InChI is InChI=1S/C22H18ClN3O4S/c1-11-19(26-8-7-13(22(28)29)9-18(26)25-11)17-10-16(20(31-17)21(24)27)30-12(2)14-5-3-4-6-15(14)23/h3-10,12H,1-2H3,(H2,24,27)(H,28,29). The van der Waals surface area contributed by atoms with Crippen molar-refractivity contribution in [2.75, 3.05) is 0 Å². The summed E-state index contributed by atoms with van der Waals surface area (Å²) in [5.74, 6) is -1.27. The lowest BCUT2D eigenvalue weighted by Crippen LogP contribution is -2.12. The van der Waals surface area contributed by atoms with Gasteiger partial charge in [-0.3, -0.25) is 9.20 Å². The zero-order chi connectivity index (χ0) is 22.3. The van der Waals surface area contributed by atoms with Gasteiger partial charge in [0.25, 0.3) is 5.91 Å². The van der Waals surface area contributed by atoms with Crippen LogP contribution in [0, 0.1) is 6.92 Å². The highest BCUT2D eigenvalue weighted by Crippen LogP contribution is 2.40. The number of rotatable bonds is 6. The highest BCUT2D eigenvalue weighted by molar-refractivity contribution is 7.17. The second-order valence-electron chi connectivity index (χ2n) is 6.94. The number of aromatic nitrogens is 2. The number of hydrogen-bond acceptors (Lipinski definition) is 5. The fraction of sp³-hybridized carbons (Fsp3) is 0.136. The molecule has 7 nitrogen and oxygen atoms in total. The number of nitrogens with zero attached hydrogens (tertiary/aromatic N) is 2. The summed E-state index contributed by atoms with van der Waals surface area (Å²) >= 11 is 7.47. The van der Waals surface area contributed by atoms with Crippen LogP contribution in [0.25, 0.3) is 16.2 Å². The number of thiophene rings is 1. The first-order valence-electron chi connectivity index (χ1n) is 9.33. The van der Waals surface area contributed by atoms with Gasteiger partial charge in [-0.15, -0.1) is 11.3 Å². The Balaban J connectivity index is 1.77. The van der Waals surface area contributed by atoms with Gasteiger partial charge in [0.15, 0.2) is 0 Å². The molecule has 0 saturated carbocycles. The lowest BCUT2D eigenvalue weighted by atomic mass is 10.1. The van der Waals surface area contributed by atoms with E-state index in [4.69, 9.17) is 22.1 Å². The maximum Gasteiger partial charge on any atom is 0.335 e. The predicted octanol–water partition coefficient (Wildman–Crippen LogP) is 4.96. The third-order valence-electron chi connectivity index (χ3n) is 4.85. The van der Waals surface area contributed by atoms with Crippen molar-refractivity contribution in [3.05, 3.63) is 75.4 Å². The third kappa shape index (κ3) is 3.87. The van der Waals surface area contributed by atoms with E-state index in [2.05, 4.69) is 4.98 Å². The van der Waals surface area contributed by atoms with Crippen molar-refractivity contribution in [3.8, 4) is 16.3 Å². The number of carboxylic acids is 1. The number of fused-ring (bicyclic) bond motifs is 1. The van der Waals surface area contributed by atoms with E-state index in [9.17, 15) is 14.7 Å². The number of carboxylic acid groups (broad SMARTS) is 1. The molecule has 0 bridgehead atoms. The van der Waals surface area contributed by atoms with Crippen LogP contribution in [0.4, 0.5) is 0 Å². The van der Waals surface area contributed by atoms with Crippen LogP contribution >= 0.6 is 22.9 Å². The molecule has 9 heteroatoms. The van der Waals surface area contributed by atoms with Gasteiger partial charge in [-0.25, -0.2) is 9.78 Å². The molecule has 1 aromatic carbocycles. The van der Waals surface area contributed by atoms with Crippen LogP contribution in [-0.2, 0) is 0 Å². The normalized spacial score (nSPS) is 12.1. The fourth-order valence-electron chi connectivity index (χ4n) is 3.40. The van der Waals surface area contributed by atoms with Gasteiger partial charge < -0.3 is 15.6 Å². The van der Waals surface area contributed by atoms with Crippen LogP contribution in [0.15, 0.2) is 48.7 Å². The highest BCUT2D eigenvalue weighted by Gasteiger charge is 2.23. The Labute approximate surface area is 186 Å². The SMILES string of the molecule is Cc1nc2cc(C(=O)O)ccn2c1-c1cc(OC(C)c2ccccc2Cl)c(C(N)=O)s1. The number of primary amides is 1. The molecule has 158 valence electrons. The van der Waals surface area contributed by atoms with Crippen molar-refractivity contribution in [2.24, 2.45) is 5.73 Å². The van der Waals surface area contributed by atoms with Crippen molar-refractivity contribution in [1.82, 2.24) is 9.38 Å². The summed E-state index contributed by atoms with van der Waals surface area (Å²) in [4.78, 5) is 28.8. The van der Waals surface area contributed by atoms with Crippen molar-refractivity contribution < 1.29 is 19.4 Å². The average molecular weight is 456 g/mol. The third-order valence-corrected chi connectivity index (χ3v) is 6.33. The van der Waals surface area contributed by atoms with E-state index in [1.165, 1.54) is 23.5 Å². The second kappa shape index (κ2) is 8.05. The summed E-state index contributed by atoms with van der Waals surface area (Å²) in [7, 11) is 0. The number of carbonyl (C=O) groups is 2. The number of nitrogens with two attached hydrogens (primary N) is 1. The van der Waals surface area contributed by atoms with Crippen molar-refractivity contribution >= 4 is 40.5 Å². The van der Waals surface area contributed by atoms with E-state index in [1.807, 2.05) is 32.0 Å². The number of aromatic carboxylic acids is 1. The largest absolute Gasteiger partial charge is 0.484 e. The molecule has 4 rings (SSSR count). The highest BCUT2D eigenvalue weighted by atomic mass is 35.5. The molecule has 0 saturated heterocycles. The van der Waals surface area contributed by atoms with Gasteiger partial charge in [-0.05, 0) is 32.0 Å². The minimum atomic E-state index is -1.03. The Morgan fingerprint density at radius 2 is 2.00 bits per heavy atom. The number of carbonyl (C=O) groups excluding carboxylic acids is 1. The van der Waals surface area contributed by atoms with Crippen LogP contribution in [0.5, 0.6) is 5.75 Å². The molecule has 1 atom stereocenters. The molecule has 0 spiro atoms. The van der Waals surface area contributed by atoms with Crippen LogP contribution in [-0.4, -0.2) is 26.4 Å². The molecular formula is C22H18ClN3O4S. The molecule has 31 heavy (non-hydrogen) atoms. The molecule has 1 unspecified atom stereocenters. The van der Waals surface area contributed by atoms with E-state index in [0.717, 1.165) is 16.1 Å². The zero-order valence-corrected chi connectivity index (χ0v) is 18.2. The van der Waals surface area contributed by atoms with Crippen molar-refractivity contribution in [3.63, 3.8) is 0 Å². The Bertz CT molecular complexity index is 1330. The minimum Gasteiger partial charge on any atom is -0.484 e. The second-order valence-corrected chi connectivity index (χ2v) is 8.40. The van der Waals surface area contributed by atoms with E-state index in [-0.39, 0.29) is 10.4 Å². The summed E-state index contributed by atoms with van der Waals surface area (Å²) in [6.07, 6.45) is 1.24. The van der Waals surface area contributed by atoms with E-state index < -0.39 is 18.0 Å². The lowest BCUT2D eigenvalue weighted by Gasteiger charge is -2.16. The number of imidazole rings is 1. The Kier molecular flexibility index (Phi) is 5.43. The average Bonchev–Trinajstić information content (AvgIpc) is 3.27. The molecular weight excluding hydrogens is 438 g/mol. The Morgan fingerprint density at radius 3 is 2.68 bits per heavy atom. The van der Waals surface area contributed by atoms with Crippen LogP contribution in [0.3, 0.4) is 0 Å². The Hall–Kier alpha value is -3.36. The smallest absolute Gasteiger partial charge is 0.335 e. The quantitative estimate of drug-likeness (QED) is 0.427. The first-order chi connectivity index (χ1) is 14.8. The van der Waals surface area contributed by atoms with Gasteiger partial charge >= 0.3 is 5.97 Å². The number of amides is 1. The summed E-state index contributed by atoms with van der Waals surface area (Å²) < 4.78 is 7.85. The minimum absolute atomic E-state index is 0.144. The summed E-state index contributed by atoms with van der Waals surface area (Å²) in [6, 6.07) is 12.1. The number of benzene rings is 1. The summed E-state index contributed by atoms with van der Waals surface area (Å²) in [6.45, 7) is 3.66. The summed E-state index contributed by atoms with van der Waals surface area (Å²) in [5.41, 5.74) is 8.46. The number of ether oxygens (including phenoxy) is 1. The van der Waals surface area contributed by atoms with Crippen LogP contribution < -0.4 is 10.5 Å². The number of aryl methyl sites for hydroxylation is 1. The molecule has 3 heterocycles. The van der Waals surface area contributed by atoms with E-state index in [1.54, 1.807) is 22.7 Å². The van der Waals surface area contributed by atoms with Gasteiger partial charge in [0, 0.05) is 22.8 Å². The monoisotopic (exact) mass is 455 g/mol. The number of pyridine rings is 1. The molecule has 1 amide bonds. The molecule has 0 aliphatic carbocycles.